The Bertz CT molecular complexity index is 858. The minimum absolute atomic E-state index is 0.0243. The molecule has 296 valence electrons. The van der Waals surface area contributed by atoms with Crippen molar-refractivity contribution < 1.29 is 37.3 Å². The highest BCUT2D eigenvalue weighted by Gasteiger charge is 2.20. The Morgan fingerprint density at radius 3 is 1.54 bits per heavy atom. The third kappa shape index (κ3) is 38.2. The molecule has 0 saturated heterocycles. The van der Waals surface area contributed by atoms with Crippen LogP contribution in [0.2, 0.25) is 0 Å². The second kappa shape index (κ2) is 35.0. The predicted octanol–water partition coefficient (Wildman–Crippen LogP) is 11.0. The quantitative estimate of drug-likeness (QED) is 0.0205. The molecule has 0 aliphatic heterocycles. The Labute approximate surface area is 309 Å². The number of rotatable bonds is 38. The number of allylic oxidation sites excluding steroid dienone is 4. The van der Waals surface area contributed by atoms with Crippen LogP contribution in [0.4, 0.5) is 0 Å². The van der Waals surface area contributed by atoms with Gasteiger partial charge < -0.3 is 27.9 Å². The lowest BCUT2D eigenvalue weighted by atomic mass is 10.1. The van der Waals surface area contributed by atoms with E-state index < -0.39 is 13.9 Å². The van der Waals surface area contributed by atoms with E-state index in [0.29, 0.717) is 24.1 Å². The molecule has 50 heavy (non-hydrogen) atoms. The molecular formula is C41H80NO7P. The first-order valence-corrected chi connectivity index (χ1v) is 22.0. The maximum atomic E-state index is 12.6. The van der Waals surface area contributed by atoms with Gasteiger partial charge in [0.05, 0.1) is 34.4 Å². The summed E-state index contributed by atoms with van der Waals surface area (Å²) in [5.74, 6) is -0.345. The fourth-order valence-corrected chi connectivity index (χ4v) is 6.20. The molecular weight excluding hydrogens is 649 g/mol. The number of carbonyl (C=O) groups excluding carboxylic acids is 1. The summed E-state index contributed by atoms with van der Waals surface area (Å²) in [5, 5.41) is 0. The average Bonchev–Trinajstić information content (AvgIpc) is 3.06. The van der Waals surface area contributed by atoms with Gasteiger partial charge in [0, 0.05) is 13.0 Å². The van der Waals surface area contributed by atoms with E-state index >= 15 is 0 Å². The number of esters is 1. The highest BCUT2D eigenvalue weighted by atomic mass is 31.2. The van der Waals surface area contributed by atoms with Crippen LogP contribution in [0, 0.1) is 0 Å². The molecule has 0 aromatic rings. The number of ether oxygens (including phenoxy) is 2. The molecule has 0 saturated carbocycles. The molecule has 2 atom stereocenters. The molecule has 0 aliphatic carbocycles. The average molecular weight is 730 g/mol. The number of quaternary nitrogens is 1. The topological polar surface area (TPSA) is 94.1 Å². The summed E-state index contributed by atoms with van der Waals surface area (Å²) < 4.78 is 34.5. The van der Waals surface area contributed by atoms with Gasteiger partial charge in [-0.1, -0.05) is 128 Å². The molecule has 0 aromatic carbocycles. The van der Waals surface area contributed by atoms with Gasteiger partial charge in [0.2, 0.25) is 0 Å². The summed E-state index contributed by atoms with van der Waals surface area (Å²) in [7, 11) is 1.35. The van der Waals surface area contributed by atoms with Gasteiger partial charge in [-0.25, -0.2) is 0 Å². The Hall–Kier alpha value is -1.02. The van der Waals surface area contributed by atoms with Crippen molar-refractivity contribution in [1.29, 1.82) is 0 Å². The van der Waals surface area contributed by atoms with Crippen molar-refractivity contribution in [2.75, 3.05) is 54.1 Å². The van der Waals surface area contributed by atoms with Crippen LogP contribution in [-0.4, -0.2) is 70.7 Å². The van der Waals surface area contributed by atoms with Crippen molar-refractivity contribution in [3.05, 3.63) is 24.3 Å². The van der Waals surface area contributed by atoms with E-state index in [2.05, 4.69) is 38.2 Å². The zero-order valence-corrected chi connectivity index (χ0v) is 34.2. The molecule has 8 nitrogen and oxygen atoms in total. The lowest BCUT2D eigenvalue weighted by Crippen LogP contribution is -2.37. The highest BCUT2D eigenvalue weighted by molar-refractivity contribution is 7.45. The molecule has 0 spiro atoms. The third-order valence-corrected chi connectivity index (χ3v) is 9.69. The predicted molar refractivity (Wildman–Crippen MR) is 208 cm³/mol. The van der Waals surface area contributed by atoms with Crippen LogP contribution in [0.3, 0.4) is 0 Å². The zero-order valence-electron chi connectivity index (χ0n) is 33.4. The summed E-state index contributed by atoms with van der Waals surface area (Å²) in [5.41, 5.74) is 0. The summed E-state index contributed by atoms with van der Waals surface area (Å²) in [4.78, 5) is 25.0. The number of nitrogens with zero attached hydrogens (tertiary/aromatic N) is 1. The molecule has 0 N–H and O–H groups in total. The van der Waals surface area contributed by atoms with Gasteiger partial charge in [0.25, 0.3) is 7.82 Å². The number of phosphoric acid groups is 1. The summed E-state index contributed by atoms with van der Waals surface area (Å²) in [6.07, 6.45) is 37.5. The van der Waals surface area contributed by atoms with Crippen LogP contribution in [0.5, 0.6) is 0 Å². The first-order valence-electron chi connectivity index (χ1n) is 20.6. The summed E-state index contributed by atoms with van der Waals surface area (Å²) in [6, 6.07) is 0. The first-order chi connectivity index (χ1) is 24.1. The van der Waals surface area contributed by atoms with Crippen molar-refractivity contribution in [2.24, 2.45) is 0 Å². The lowest BCUT2D eigenvalue weighted by Gasteiger charge is -2.28. The number of hydrogen-bond acceptors (Lipinski definition) is 7. The van der Waals surface area contributed by atoms with Crippen molar-refractivity contribution in [3.8, 4) is 0 Å². The standard InChI is InChI=1S/C41H80NO7P/c1-6-8-10-12-14-16-18-20-22-24-26-28-30-32-34-41(43)49-40(39-48-50(44,45)47-37-35-42(3,4)5)38-46-36-33-31-29-27-25-23-21-19-17-15-13-11-9-7-2/h17-20,40H,6-16,21-39H2,1-5H3/b19-17-,20-18-. The number of carbonyl (C=O) groups is 1. The van der Waals surface area contributed by atoms with E-state index in [0.717, 1.165) is 44.9 Å². The van der Waals surface area contributed by atoms with Gasteiger partial charge in [-0.15, -0.1) is 0 Å². The van der Waals surface area contributed by atoms with Crippen LogP contribution in [0.1, 0.15) is 174 Å². The second-order valence-electron chi connectivity index (χ2n) is 15.0. The largest absolute Gasteiger partial charge is 0.756 e. The Kier molecular flexibility index (Phi) is 34.3. The van der Waals surface area contributed by atoms with Gasteiger partial charge in [-0.2, -0.15) is 0 Å². The van der Waals surface area contributed by atoms with Crippen molar-refractivity contribution in [1.82, 2.24) is 0 Å². The monoisotopic (exact) mass is 730 g/mol. The first kappa shape index (κ1) is 49.0. The van der Waals surface area contributed by atoms with Gasteiger partial charge in [0.1, 0.15) is 19.3 Å². The van der Waals surface area contributed by atoms with E-state index in [1.54, 1.807) is 0 Å². The minimum atomic E-state index is -4.52. The number of phosphoric ester groups is 1. The van der Waals surface area contributed by atoms with Crippen molar-refractivity contribution >= 4 is 13.8 Å². The summed E-state index contributed by atoms with van der Waals surface area (Å²) >= 11 is 0. The number of likely N-dealkylation sites (N-methyl/N-ethyl adjacent to an activating group) is 1. The van der Waals surface area contributed by atoms with Gasteiger partial charge in [0.15, 0.2) is 0 Å². The van der Waals surface area contributed by atoms with Crippen LogP contribution in [0.15, 0.2) is 24.3 Å². The fourth-order valence-electron chi connectivity index (χ4n) is 5.48. The van der Waals surface area contributed by atoms with Crippen LogP contribution < -0.4 is 4.89 Å². The van der Waals surface area contributed by atoms with E-state index in [9.17, 15) is 14.3 Å². The fraction of sp³-hybridized carbons (Fsp3) is 0.878. The van der Waals surface area contributed by atoms with Crippen molar-refractivity contribution in [3.63, 3.8) is 0 Å². The van der Waals surface area contributed by atoms with Crippen molar-refractivity contribution in [2.45, 2.75) is 180 Å². The summed E-state index contributed by atoms with van der Waals surface area (Å²) in [6.45, 7) is 5.37. The molecule has 0 rings (SSSR count). The normalized spacial score (nSPS) is 14.1. The van der Waals surface area contributed by atoms with E-state index in [1.165, 1.54) is 109 Å². The molecule has 0 radical (unpaired) electrons. The van der Waals surface area contributed by atoms with E-state index in [-0.39, 0.29) is 25.8 Å². The number of unbranched alkanes of at least 4 members (excludes halogenated alkanes) is 20. The van der Waals surface area contributed by atoms with Gasteiger partial charge >= 0.3 is 5.97 Å². The zero-order chi connectivity index (χ0) is 37.0. The highest BCUT2D eigenvalue weighted by Crippen LogP contribution is 2.38. The van der Waals surface area contributed by atoms with Gasteiger partial charge in [-0.3, -0.25) is 9.36 Å². The smallest absolute Gasteiger partial charge is 0.306 e. The molecule has 0 fully saturated rings. The van der Waals surface area contributed by atoms with Crippen LogP contribution in [0.25, 0.3) is 0 Å². The third-order valence-electron chi connectivity index (χ3n) is 8.73. The maximum Gasteiger partial charge on any atom is 0.306 e. The number of hydrogen-bond donors (Lipinski definition) is 0. The lowest BCUT2D eigenvalue weighted by molar-refractivity contribution is -0.870. The molecule has 0 bridgehead atoms. The Balaban J connectivity index is 4.29. The minimum Gasteiger partial charge on any atom is -0.756 e. The second-order valence-corrected chi connectivity index (χ2v) is 16.4. The van der Waals surface area contributed by atoms with E-state index in [4.69, 9.17) is 18.5 Å². The Morgan fingerprint density at radius 1 is 0.600 bits per heavy atom. The Morgan fingerprint density at radius 2 is 1.04 bits per heavy atom. The molecule has 9 heteroatoms. The van der Waals surface area contributed by atoms with Gasteiger partial charge in [-0.05, 0) is 64.2 Å². The van der Waals surface area contributed by atoms with Crippen LogP contribution in [-0.2, 0) is 27.9 Å². The maximum absolute atomic E-state index is 12.6. The molecule has 0 heterocycles. The van der Waals surface area contributed by atoms with E-state index in [1.807, 2.05) is 21.1 Å². The molecule has 0 aliphatic rings. The SMILES string of the molecule is CCCCCC/C=C\CCCCCCCCOCC(COP(=O)([O-])OCC[N+](C)(C)C)OC(=O)CCCCCCC/C=C\CCCCCCC. The molecule has 0 amide bonds. The van der Waals surface area contributed by atoms with Crippen LogP contribution >= 0.6 is 7.82 Å². The molecule has 0 aromatic heterocycles. The molecule has 2 unspecified atom stereocenters.